The highest BCUT2D eigenvalue weighted by molar-refractivity contribution is 7.85. The van der Waals surface area contributed by atoms with Gasteiger partial charge in [-0.25, -0.2) is 9.48 Å². The Labute approximate surface area is 309 Å². The number of aromatic nitrogens is 7. The monoisotopic (exact) mass is 744 g/mol. The number of amides is 2. The van der Waals surface area contributed by atoms with Gasteiger partial charge < -0.3 is 15.0 Å². The van der Waals surface area contributed by atoms with Crippen LogP contribution in [0.1, 0.15) is 95.7 Å². The fourth-order valence-electron chi connectivity index (χ4n) is 7.32. The molecule has 2 N–H and O–H groups in total. The third-order valence-corrected chi connectivity index (χ3v) is 10.6. The lowest BCUT2D eigenvalue weighted by atomic mass is 9.85. The highest BCUT2D eigenvalue weighted by Crippen LogP contribution is 2.39. The van der Waals surface area contributed by atoms with E-state index in [1.54, 1.807) is 21.8 Å². The molecule has 1 aromatic carbocycles. The number of nitrogens with one attached hydrogen (secondary N) is 2. The molecule has 7 rings (SSSR count). The highest BCUT2D eigenvalue weighted by Gasteiger charge is 2.32. The van der Waals surface area contributed by atoms with E-state index in [2.05, 4.69) is 50.7 Å². The molecule has 5 heterocycles. The Morgan fingerprint density at radius 2 is 1.74 bits per heavy atom. The second-order valence-corrected chi connectivity index (χ2v) is 16.8. The van der Waals surface area contributed by atoms with Gasteiger partial charge in [0.05, 0.1) is 49.7 Å². The third kappa shape index (κ3) is 8.03. The maximum Gasteiger partial charge on any atom is 0.320 e. The molecule has 4 atom stereocenters. The molecule has 1 fully saturated rings. The van der Waals surface area contributed by atoms with Gasteiger partial charge in [0.25, 0.3) is 10.1 Å². The average Bonchev–Trinajstić information content (AvgIpc) is 3.84. The number of anilines is 2. The summed E-state index contributed by atoms with van der Waals surface area (Å²) in [6.07, 6.45) is 11.0. The van der Waals surface area contributed by atoms with Crippen LogP contribution in [0.2, 0.25) is 0 Å². The summed E-state index contributed by atoms with van der Waals surface area (Å²) in [6, 6.07) is 14.0. The summed E-state index contributed by atoms with van der Waals surface area (Å²) in [5.41, 5.74) is 3.90. The van der Waals surface area contributed by atoms with Gasteiger partial charge in [-0.1, -0.05) is 45.0 Å². The van der Waals surface area contributed by atoms with Crippen LogP contribution in [0.15, 0.2) is 61.1 Å². The largest absolute Gasteiger partial charge is 0.484 e. The Hall–Kier alpha value is -4.96. The molecule has 1 saturated heterocycles. The zero-order chi connectivity index (χ0) is 37.5. The van der Waals surface area contributed by atoms with Crippen LogP contribution in [0.3, 0.4) is 0 Å². The van der Waals surface area contributed by atoms with Crippen molar-refractivity contribution in [1.29, 1.82) is 0 Å². The van der Waals surface area contributed by atoms with Crippen LogP contribution >= 0.6 is 0 Å². The SMILES string of the molecule is C[C@@H]1CCC[C@H](C)N1c1nnc2ccc(O[C@@H]3CC[C@H](NC(=O)Nc4cc(C(C)(C)C)nn4-c4cnn(CCOS(C)(=O)=O)c4)c4ccccc43)cn12. The molecule has 16 heteroatoms. The molecule has 0 saturated carbocycles. The Morgan fingerprint density at radius 1 is 0.981 bits per heavy atom. The number of carbonyl (C=O) groups excluding carboxylic acids is 1. The van der Waals surface area contributed by atoms with Crippen LogP contribution in [-0.2, 0) is 26.3 Å². The molecule has 2 aliphatic rings. The first-order valence-electron chi connectivity index (χ1n) is 18.2. The van der Waals surface area contributed by atoms with Gasteiger partial charge in [-0.2, -0.15) is 18.6 Å². The second kappa shape index (κ2) is 14.5. The Bertz CT molecular complexity index is 2190. The van der Waals surface area contributed by atoms with Crippen LogP contribution < -0.4 is 20.3 Å². The standard InChI is InChI=1S/C37H48N10O5S/c1-24-10-9-11-25(2)46(24)36-42-41-33-17-14-27(23-45(33)36)52-31-16-15-30(28-12-7-8-13-29(28)31)39-35(48)40-34-20-32(37(3,4)5)43-47(34)26-21-38-44(22-26)18-19-51-53(6,49)50/h7-8,12-14,17,20-25,30-31H,9-11,15-16,18-19H2,1-6H3,(H2,39,40,48)/t24-,25+,30-,31+/m0/s1. The Balaban J connectivity index is 1.06. The van der Waals surface area contributed by atoms with E-state index in [-0.39, 0.29) is 36.7 Å². The van der Waals surface area contributed by atoms with Crippen molar-refractivity contribution in [2.24, 2.45) is 0 Å². The topological polar surface area (TPSA) is 163 Å². The maximum absolute atomic E-state index is 13.6. The second-order valence-electron chi connectivity index (χ2n) is 15.2. The first kappa shape index (κ1) is 36.4. The van der Waals surface area contributed by atoms with Crippen molar-refractivity contribution in [2.75, 3.05) is 23.1 Å². The summed E-state index contributed by atoms with van der Waals surface area (Å²) in [4.78, 5) is 16.0. The van der Waals surface area contributed by atoms with E-state index in [9.17, 15) is 13.2 Å². The Morgan fingerprint density at radius 3 is 2.47 bits per heavy atom. The minimum atomic E-state index is -3.56. The molecule has 1 aliphatic carbocycles. The number of pyridine rings is 1. The van der Waals surface area contributed by atoms with Crippen molar-refractivity contribution in [2.45, 2.75) is 103 Å². The van der Waals surface area contributed by atoms with Crippen molar-refractivity contribution in [3.8, 4) is 11.4 Å². The lowest BCUT2D eigenvalue weighted by Crippen LogP contribution is -2.44. The van der Waals surface area contributed by atoms with Crippen molar-refractivity contribution < 1.29 is 22.1 Å². The molecule has 15 nitrogen and oxygen atoms in total. The van der Waals surface area contributed by atoms with Gasteiger partial charge >= 0.3 is 6.03 Å². The lowest BCUT2D eigenvalue weighted by molar-refractivity contribution is 0.171. The van der Waals surface area contributed by atoms with Crippen LogP contribution in [0.4, 0.5) is 16.6 Å². The summed E-state index contributed by atoms with van der Waals surface area (Å²) in [7, 11) is -3.56. The van der Waals surface area contributed by atoms with E-state index in [0.29, 0.717) is 36.4 Å². The van der Waals surface area contributed by atoms with Crippen molar-refractivity contribution in [3.05, 3.63) is 77.9 Å². The van der Waals surface area contributed by atoms with Gasteiger partial charge in [-0.05, 0) is 69.2 Å². The number of rotatable bonds is 10. The van der Waals surface area contributed by atoms with Gasteiger partial charge in [0, 0.05) is 23.6 Å². The van der Waals surface area contributed by atoms with Gasteiger partial charge in [0.15, 0.2) is 5.65 Å². The van der Waals surface area contributed by atoms with Gasteiger partial charge in [-0.15, -0.1) is 10.2 Å². The molecule has 5 aromatic rings. The van der Waals surface area contributed by atoms with Crippen LogP contribution in [0.5, 0.6) is 5.75 Å². The number of hydrogen-bond donors (Lipinski definition) is 2. The number of urea groups is 1. The number of benzene rings is 1. The quantitative estimate of drug-likeness (QED) is 0.164. The first-order valence-corrected chi connectivity index (χ1v) is 20.0. The molecule has 0 bridgehead atoms. The fraction of sp³-hybridized carbons (Fsp3) is 0.486. The molecule has 0 unspecified atom stereocenters. The normalized spacial score (nSPS) is 20.7. The van der Waals surface area contributed by atoms with Crippen LogP contribution in [-0.4, -0.2) is 73.6 Å². The fourth-order valence-corrected chi connectivity index (χ4v) is 7.70. The number of nitrogens with zero attached hydrogens (tertiary/aromatic N) is 8. The number of carbonyl (C=O) groups is 1. The molecule has 0 radical (unpaired) electrons. The molecule has 0 spiro atoms. The average molecular weight is 745 g/mol. The predicted octanol–water partition coefficient (Wildman–Crippen LogP) is 5.93. The van der Waals surface area contributed by atoms with E-state index >= 15 is 0 Å². The van der Waals surface area contributed by atoms with Gasteiger partial charge in [0.2, 0.25) is 5.95 Å². The summed E-state index contributed by atoms with van der Waals surface area (Å²) in [5.74, 6) is 2.05. The highest BCUT2D eigenvalue weighted by atomic mass is 32.2. The molecule has 4 aromatic heterocycles. The van der Waals surface area contributed by atoms with Crippen molar-refractivity contribution in [1.82, 2.24) is 39.5 Å². The third-order valence-electron chi connectivity index (χ3n) is 10.0. The van der Waals surface area contributed by atoms with E-state index in [4.69, 9.17) is 14.0 Å². The molecule has 2 amide bonds. The van der Waals surface area contributed by atoms with E-state index in [1.165, 1.54) is 6.42 Å². The summed E-state index contributed by atoms with van der Waals surface area (Å²) >= 11 is 0. The van der Waals surface area contributed by atoms with E-state index in [0.717, 1.165) is 53.3 Å². The first-order chi connectivity index (χ1) is 25.2. The minimum Gasteiger partial charge on any atom is -0.484 e. The van der Waals surface area contributed by atoms with Gasteiger partial charge in [0.1, 0.15) is 23.4 Å². The zero-order valence-corrected chi connectivity index (χ0v) is 31.9. The zero-order valence-electron chi connectivity index (χ0n) is 31.1. The summed E-state index contributed by atoms with van der Waals surface area (Å²) in [6.45, 7) is 10.8. The molecular formula is C37H48N10O5S. The molecule has 282 valence electrons. The number of piperidine rings is 1. The smallest absolute Gasteiger partial charge is 0.320 e. The molecular weight excluding hydrogens is 697 g/mol. The van der Waals surface area contributed by atoms with Crippen molar-refractivity contribution in [3.63, 3.8) is 0 Å². The van der Waals surface area contributed by atoms with E-state index in [1.807, 2.05) is 67.8 Å². The van der Waals surface area contributed by atoms with Crippen molar-refractivity contribution >= 4 is 33.6 Å². The number of ether oxygens (including phenoxy) is 1. The van der Waals surface area contributed by atoms with Crippen LogP contribution in [0.25, 0.3) is 11.3 Å². The minimum absolute atomic E-state index is 0.0513. The number of hydrogen-bond acceptors (Lipinski definition) is 10. The van der Waals surface area contributed by atoms with E-state index < -0.39 is 10.1 Å². The lowest BCUT2D eigenvalue weighted by Gasteiger charge is -2.39. The molecule has 53 heavy (non-hydrogen) atoms. The Kier molecular flexibility index (Phi) is 9.93. The number of fused-ring (bicyclic) bond motifs is 2. The molecule has 1 aliphatic heterocycles. The summed E-state index contributed by atoms with van der Waals surface area (Å²) in [5, 5.41) is 24.3. The maximum atomic E-state index is 13.6. The predicted molar refractivity (Wildman–Crippen MR) is 201 cm³/mol. The van der Waals surface area contributed by atoms with Gasteiger partial charge in [-0.3, -0.25) is 18.6 Å². The van der Waals surface area contributed by atoms with Crippen LogP contribution in [0, 0.1) is 0 Å². The summed E-state index contributed by atoms with van der Waals surface area (Å²) < 4.78 is 39.5.